The molecular formula is C12H16N4S. The third kappa shape index (κ3) is 2.49. The lowest BCUT2D eigenvalue weighted by Gasteiger charge is -2.05. The molecule has 0 bridgehead atoms. The second-order valence-corrected chi connectivity index (χ2v) is 4.49. The Morgan fingerprint density at radius 1 is 1.18 bits per heavy atom. The molecule has 17 heavy (non-hydrogen) atoms. The smallest absolute Gasteiger partial charge is 0.158 e. The van der Waals surface area contributed by atoms with Gasteiger partial charge in [0.1, 0.15) is 11.4 Å². The summed E-state index contributed by atoms with van der Waals surface area (Å²) in [5.74, 6) is 0.848. The van der Waals surface area contributed by atoms with E-state index in [2.05, 4.69) is 35.0 Å². The molecule has 2 aromatic rings. The maximum Gasteiger partial charge on any atom is 0.158 e. The van der Waals surface area contributed by atoms with E-state index in [4.69, 9.17) is 0 Å². The van der Waals surface area contributed by atoms with Gasteiger partial charge in [-0.2, -0.15) is 5.10 Å². The molecule has 0 saturated carbocycles. The topological polar surface area (TPSA) is 43.6 Å². The highest BCUT2D eigenvalue weighted by Gasteiger charge is 2.09. The number of aromatic nitrogens is 4. The van der Waals surface area contributed by atoms with Crippen LogP contribution in [-0.2, 0) is 12.8 Å². The van der Waals surface area contributed by atoms with Gasteiger partial charge in [0.2, 0.25) is 0 Å². The quantitative estimate of drug-likeness (QED) is 0.616. The highest BCUT2D eigenvalue weighted by atomic mass is 32.2. The summed E-state index contributed by atoms with van der Waals surface area (Å²) < 4.78 is 1.92. The summed E-state index contributed by atoms with van der Waals surface area (Å²) in [5, 5.41) is 5.53. The number of aryl methyl sites for hydroxylation is 2. The molecule has 2 rings (SSSR count). The minimum Gasteiger partial charge on any atom is -0.230 e. The van der Waals surface area contributed by atoms with Crippen molar-refractivity contribution in [3.05, 3.63) is 29.8 Å². The maximum atomic E-state index is 4.56. The van der Waals surface area contributed by atoms with Crippen molar-refractivity contribution in [1.82, 2.24) is 19.7 Å². The zero-order chi connectivity index (χ0) is 12.3. The van der Waals surface area contributed by atoms with Crippen LogP contribution in [0.1, 0.15) is 25.2 Å². The lowest BCUT2D eigenvalue weighted by Crippen LogP contribution is -2.04. The fraction of sp³-hybridized carbons (Fsp3) is 0.417. The molecule has 0 fully saturated rings. The summed E-state index contributed by atoms with van der Waals surface area (Å²) in [4.78, 5) is 8.47. The third-order valence-electron chi connectivity index (χ3n) is 2.61. The molecule has 0 spiro atoms. The second-order valence-electron chi connectivity index (χ2n) is 3.66. The number of hydrogen-bond acceptors (Lipinski definition) is 4. The van der Waals surface area contributed by atoms with Crippen molar-refractivity contribution in [3.8, 4) is 5.82 Å². The zero-order valence-corrected chi connectivity index (χ0v) is 11.2. The molecule has 0 aromatic carbocycles. The molecule has 4 nitrogen and oxygen atoms in total. The summed E-state index contributed by atoms with van der Waals surface area (Å²) in [7, 11) is 0. The van der Waals surface area contributed by atoms with Gasteiger partial charge < -0.3 is 0 Å². The molecule has 0 N–H and O–H groups in total. The fourth-order valence-corrected chi connectivity index (χ4v) is 2.03. The number of nitrogens with zero attached hydrogens (tertiary/aromatic N) is 4. The SMILES string of the molecule is CCc1cc(CC)n(-c2cc(SC)ncn2)n1. The third-order valence-corrected chi connectivity index (χ3v) is 3.25. The van der Waals surface area contributed by atoms with Gasteiger partial charge in [-0.05, 0) is 25.2 Å². The summed E-state index contributed by atoms with van der Waals surface area (Å²) >= 11 is 1.61. The van der Waals surface area contributed by atoms with E-state index in [1.165, 1.54) is 5.69 Å². The first-order valence-electron chi connectivity index (χ1n) is 5.72. The molecule has 0 atom stereocenters. The van der Waals surface area contributed by atoms with Gasteiger partial charge in [0.15, 0.2) is 5.82 Å². The standard InChI is InChI=1S/C12H16N4S/c1-4-9-6-10(5-2)16(15-9)11-7-12(17-3)14-8-13-11/h6-8H,4-5H2,1-3H3. The molecule has 2 heterocycles. The normalized spacial score (nSPS) is 10.8. The van der Waals surface area contributed by atoms with Gasteiger partial charge in [0, 0.05) is 11.8 Å². The maximum absolute atomic E-state index is 4.56. The molecule has 2 aromatic heterocycles. The Bertz CT molecular complexity index is 507. The van der Waals surface area contributed by atoms with Gasteiger partial charge in [-0.15, -0.1) is 11.8 Å². The highest BCUT2D eigenvalue weighted by molar-refractivity contribution is 7.98. The average molecular weight is 248 g/mol. The lowest BCUT2D eigenvalue weighted by atomic mass is 10.2. The molecular weight excluding hydrogens is 232 g/mol. The second kappa shape index (κ2) is 5.31. The van der Waals surface area contributed by atoms with Crippen molar-refractivity contribution < 1.29 is 0 Å². The molecule has 0 radical (unpaired) electrons. The van der Waals surface area contributed by atoms with Crippen LogP contribution in [-0.4, -0.2) is 26.0 Å². The minimum atomic E-state index is 0.848. The first kappa shape index (κ1) is 12.1. The van der Waals surface area contributed by atoms with E-state index in [-0.39, 0.29) is 0 Å². The first-order chi connectivity index (χ1) is 8.28. The number of hydrogen-bond donors (Lipinski definition) is 0. The predicted molar refractivity (Wildman–Crippen MR) is 69.7 cm³/mol. The minimum absolute atomic E-state index is 0.848. The molecule has 0 saturated heterocycles. The van der Waals surface area contributed by atoms with Crippen molar-refractivity contribution in [2.45, 2.75) is 31.7 Å². The Labute approximate surface area is 105 Å². The van der Waals surface area contributed by atoms with Crippen molar-refractivity contribution in [2.75, 3.05) is 6.26 Å². The van der Waals surface area contributed by atoms with Crippen LogP contribution in [0.15, 0.2) is 23.5 Å². The van der Waals surface area contributed by atoms with Gasteiger partial charge >= 0.3 is 0 Å². The van der Waals surface area contributed by atoms with Crippen LogP contribution in [0.25, 0.3) is 5.82 Å². The summed E-state index contributed by atoms with van der Waals surface area (Å²) in [6, 6.07) is 4.11. The van der Waals surface area contributed by atoms with Crippen LogP contribution in [0.4, 0.5) is 0 Å². The largest absolute Gasteiger partial charge is 0.230 e. The van der Waals surface area contributed by atoms with Crippen LogP contribution < -0.4 is 0 Å². The summed E-state index contributed by atoms with van der Waals surface area (Å²) in [6.07, 6.45) is 5.49. The Hall–Kier alpha value is -1.36. The van der Waals surface area contributed by atoms with Crippen LogP contribution in [0.3, 0.4) is 0 Å². The van der Waals surface area contributed by atoms with Crippen molar-refractivity contribution in [2.24, 2.45) is 0 Å². The van der Waals surface area contributed by atoms with E-state index in [9.17, 15) is 0 Å². The average Bonchev–Trinajstić information content (AvgIpc) is 2.82. The lowest BCUT2D eigenvalue weighted by molar-refractivity contribution is 0.762. The van der Waals surface area contributed by atoms with Crippen molar-refractivity contribution >= 4 is 11.8 Å². The van der Waals surface area contributed by atoms with Crippen LogP contribution >= 0.6 is 11.8 Å². The number of thioether (sulfide) groups is 1. The monoisotopic (exact) mass is 248 g/mol. The molecule has 90 valence electrons. The summed E-state index contributed by atoms with van der Waals surface area (Å²) in [6.45, 7) is 4.24. The fourth-order valence-electron chi connectivity index (χ4n) is 1.66. The van der Waals surface area contributed by atoms with Crippen molar-refractivity contribution in [3.63, 3.8) is 0 Å². The van der Waals surface area contributed by atoms with Gasteiger partial charge in [-0.1, -0.05) is 13.8 Å². The van der Waals surface area contributed by atoms with Gasteiger partial charge in [-0.25, -0.2) is 14.6 Å². The zero-order valence-electron chi connectivity index (χ0n) is 10.3. The van der Waals surface area contributed by atoms with E-state index in [1.54, 1.807) is 18.1 Å². The van der Waals surface area contributed by atoms with Crippen LogP contribution in [0, 0.1) is 0 Å². The van der Waals surface area contributed by atoms with Crippen LogP contribution in [0.5, 0.6) is 0 Å². The Balaban J connectivity index is 2.47. The Kier molecular flexibility index (Phi) is 3.78. The van der Waals surface area contributed by atoms with Gasteiger partial charge in [0.05, 0.1) is 5.69 Å². The van der Waals surface area contributed by atoms with Crippen molar-refractivity contribution in [1.29, 1.82) is 0 Å². The van der Waals surface area contributed by atoms with E-state index in [0.29, 0.717) is 0 Å². The molecule has 5 heteroatoms. The van der Waals surface area contributed by atoms with E-state index in [0.717, 1.165) is 29.4 Å². The molecule has 0 unspecified atom stereocenters. The summed E-state index contributed by atoms with van der Waals surface area (Å²) in [5.41, 5.74) is 2.29. The Morgan fingerprint density at radius 2 is 2.00 bits per heavy atom. The molecule has 0 aliphatic rings. The van der Waals surface area contributed by atoms with Crippen LogP contribution in [0.2, 0.25) is 0 Å². The van der Waals surface area contributed by atoms with E-state index < -0.39 is 0 Å². The first-order valence-corrected chi connectivity index (χ1v) is 6.95. The van der Waals surface area contributed by atoms with Gasteiger partial charge in [0.25, 0.3) is 0 Å². The van der Waals surface area contributed by atoms with Gasteiger partial charge in [-0.3, -0.25) is 0 Å². The highest BCUT2D eigenvalue weighted by Crippen LogP contribution is 2.16. The molecule has 0 aliphatic carbocycles. The van der Waals surface area contributed by atoms with E-state index >= 15 is 0 Å². The Morgan fingerprint density at radius 3 is 2.65 bits per heavy atom. The molecule has 0 aliphatic heterocycles. The predicted octanol–water partition coefficient (Wildman–Crippen LogP) is 2.51. The van der Waals surface area contributed by atoms with E-state index in [1.807, 2.05) is 17.0 Å². The molecule has 0 amide bonds. The number of rotatable bonds is 4.